The van der Waals surface area contributed by atoms with Gasteiger partial charge < -0.3 is 0 Å². The van der Waals surface area contributed by atoms with Gasteiger partial charge in [0.25, 0.3) is 0 Å². The van der Waals surface area contributed by atoms with Crippen LogP contribution in [-0.4, -0.2) is 0 Å². The lowest BCUT2D eigenvalue weighted by molar-refractivity contribution is 0.268. The molecule has 0 saturated heterocycles. The zero-order valence-electron chi connectivity index (χ0n) is 15.7. The lowest BCUT2D eigenvalue weighted by Crippen LogP contribution is -2.16. The zero-order chi connectivity index (χ0) is 16.5. The van der Waals surface area contributed by atoms with Gasteiger partial charge in [-0.2, -0.15) is 0 Å². The fourth-order valence-corrected chi connectivity index (χ4v) is 5.67. The molecule has 1 atom stereocenters. The van der Waals surface area contributed by atoms with Gasteiger partial charge in [0.05, 0.1) is 0 Å². The summed E-state index contributed by atoms with van der Waals surface area (Å²) in [5.74, 6) is 2.91. The average Bonchev–Trinajstić information content (AvgIpc) is 3.00. The highest BCUT2D eigenvalue weighted by Gasteiger charge is 2.30. The number of rotatable bonds is 4. The fourth-order valence-electron chi connectivity index (χ4n) is 5.67. The van der Waals surface area contributed by atoms with Crippen LogP contribution in [0, 0.1) is 17.8 Å². The van der Waals surface area contributed by atoms with E-state index in [9.17, 15) is 0 Å². The Bertz CT molecular complexity index is 613. The largest absolute Gasteiger partial charge is 0.0651 e. The molecule has 0 bridgehead atoms. The van der Waals surface area contributed by atoms with Gasteiger partial charge in [0.1, 0.15) is 0 Å². The number of hydrogen-bond acceptors (Lipinski definition) is 0. The molecule has 4 rings (SSSR count). The van der Waals surface area contributed by atoms with Crippen LogP contribution in [0.2, 0.25) is 0 Å². The smallest absolute Gasteiger partial charge is 0.00548 e. The predicted molar refractivity (Wildman–Crippen MR) is 104 cm³/mol. The number of benzene rings is 1. The van der Waals surface area contributed by atoms with Crippen LogP contribution in [0.1, 0.15) is 88.3 Å². The van der Waals surface area contributed by atoms with Gasteiger partial charge in [-0.3, -0.25) is 0 Å². The van der Waals surface area contributed by atoms with E-state index in [0.29, 0.717) is 0 Å². The van der Waals surface area contributed by atoms with E-state index in [1.807, 2.05) is 0 Å². The summed E-state index contributed by atoms with van der Waals surface area (Å²) in [4.78, 5) is 0. The SMILES string of the molecule is CCC1CCC(Cc2cccc3c2C2=C(C3)CC(CC)CC2)CC1. The molecular weight excluding hydrogens is 288 g/mol. The van der Waals surface area contributed by atoms with Crippen LogP contribution < -0.4 is 0 Å². The van der Waals surface area contributed by atoms with Crippen LogP contribution in [-0.2, 0) is 12.8 Å². The Kier molecular flexibility index (Phi) is 4.83. The van der Waals surface area contributed by atoms with E-state index < -0.39 is 0 Å². The molecule has 0 heteroatoms. The first-order valence-corrected chi connectivity index (χ1v) is 10.6. The van der Waals surface area contributed by atoms with Gasteiger partial charge in [-0.05, 0) is 85.0 Å². The minimum Gasteiger partial charge on any atom is -0.0651 e. The molecule has 0 amide bonds. The topological polar surface area (TPSA) is 0 Å². The van der Waals surface area contributed by atoms with Crippen molar-refractivity contribution >= 4 is 5.57 Å². The summed E-state index contributed by atoms with van der Waals surface area (Å²) in [7, 11) is 0. The highest BCUT2D eigenvalue weighted by atomic mass is 14.3. The standard InChI is InChI=1S/C24H34/c1-3-17-8-10-19(11-9-17)15-20-6-5-7-21-16-22-14-18(4-2)12-13-23(22)24(20)21/h5-7,17-19H,3-4,8-16H2,1-2H3. The maximum absolute atomic E-state index is 2.45. The summed E-state index contributed by atoms with van der Waals surface area (Å²) in [6, 6.07) is 7.19. The van der Waals surface area contributed by atoms with Crippen molar-refractivity contribution in [1.29, 1.82) is 0 Å². The van der Waals surface area contributed by atoms with E-state index in [1.165, 1.54) is 70.6 Å². The van der Waals surface area contributed by atoms with Crippen LogP contribution >= 0.6 is 0 Å². The monoisotopic (exact) mass is 322 g/mol. The van der Waals surface area contributed by atoms with E-state index in [1.54, 1.807) is 27.8 Å². The molecule has 0 heterocycles. The van der Waals surface area contributed by atoms with Crippen molar-refractivity contribution in [3.63, 3.8) is 0 Å². The van der Waals surface area contributed by atoms with Crippen molar-refractivity contribution in [2.24, 2.45) is 17.8 Å². The quantitative estimate of drug-likeness (QED) is 0.561. The lowest BCUT2D eigenvalue weighted by atomic mass is 9.77. The first-order chi connectivity index (χ1) is 11.8. The fraction of sp³-hybridized carbons (Fsp3) is 0.667. The summed E-state index contributed by atoms with van der Waals surface area (Å²) in [5, 5.41) is 0. The summed E-state index contributed by atoms with van der Waals surface area (Å²) in [6.45, 7) is 4.74. The van der Waals surface area contributed by atoms with Crippen LogP contribution in [0.4, 0.5) is 0 Å². The molecule has 1 fully saturated rings. The van der Waals surface area contributed by atoms with Gasteiger partial charge in [0.2, 0.25) is 0 Å². The molecule has 0 N–H and O–H groups in total. The zero-order valence-corrected chi connectivity index (χ0v) is 15.7. The molecule has 1 saturated carbocycles. The Labute approximate surface area is 148 Å². The summed E-state index contributed by atoms with van der Waals surface area (Å²) < 4.78 is 0. The van der Waals surface area contributed by atoms with E-state index in [-0.39, 0.29) is 0 Å². The van der Waals surface area contributed by atoms with E-state index in [0.717, 1.165) is 17.8 Å². The number of hydrogen-bond donors (Lipinski definition) is 0. The minimum absolute atomic E-state index is 0.941. The normalized spacial score (nSPS) is 29.5. The Morgan fingerprint density at radius 1 is 0.875 bits per heavy atom. The second-order valence-electron chi connectivity index (χ2n) is 8.73. The van der Waals surface area contributed by atoms with Crippen molar-refractivity contribution in [2.45, 2.75) is 84.5 Å². The highest BCUT2D eigenvalue weighted by Crippen LogP contribution is 2.46. The van der Waals surface area contributed by atoms with E-state index in [4.69, 9.17) is 0 Å². The number of fused-ring (bicyclic) bond motifs is 2. The molecule has 130 valence electrons. The Balaban J connectivity index is 1.53. The first-order valence-electron chi connectivity index (χ1n) is 10.6. The van der Waals surface area contributed by atoms with Gasteiger partial charge in [-0.1, -0.05) is 63.3 Å². The number of allylic oxidation sites excluding steroid dienone is 2. The van der Waals surface area contributed by atoms with Crippen LogP contribution in [0.15, 0.2) is 23.8 Å². The van der Waals surface area contributed by atoms with Crippen molar-refractivity contribution < 1.29 is 0 Å². The Hall–Kier alpha value is -1.04. The van der Waals surface area contributed by atoms with Crippen molar-refractivity contribution in [3.8, 4) is 0 Å². The van der Waals surface area contributed by atoms with Gasteiger partial charge in [-0.15, -0.1) is 0 Å². The third-order valence-electron chi connectivity index (χ3n) is 7.34. The molecule has 1 aromatic carbocycles. The maximum atomic E-state index is 2.45. The van der Waals surface area contributed by atoms with Crippen molar-refractivity contribution in [1.82, 2.24) is 0 Å². The van der Waals surface area contributed by atoms with Crippen molar-refractivity contribution in [2.75, 3.05) is 0 Å². The van der Waals surface area contributed by atoms with Crippen LogP contribution in [0.3, 0.4) is 0 Å². The summed E-state index contributed by atoms with van der Waals surface area (Å²) >= 11 is 0. The van der Waals surface area contributed by atoms with Crippen LogP contribution in [0.5, 0.6) is 0 Å². The molecule has 0 radical (unpaired) electrons. The van der Waals surface area contributed by atoms with Gasteiger partial charge in [0.15, 0.2) is 0 Å². The molecule has 0 spiro atoms. The lowest BCUT2D eigenvalue weighted by Gasteiger charge is -2.29. The Morgan fingerprint density at radius 3 is 2.38 bits per heavy atom. The van der Waals surface area contributed by atoms with Gasteiger partial charge >= 0.3 is 0 Å². The molecule has 0 aliphatic heterocycles. The average molecular weight is 323 g/mol. The molecule has 24 heavy (non-hydrogen) atoms. The minimum atomic E-state index is 0.941. The third-order valence-corrected chi connectivity index (χ3v) is 7.34. The van der Waals surface area contributed by atoms with E-state index >= 15 is 0 Å². The first kappa shape index (κ1) is 16.4. The molecule has 3 aliphatic carbocycles. The molecular formula is C24H34. The molecule has 0 nitrogen and oxygen atoms in total. The molecule has 0 aromatic heterocycles. The molecule has 1 aromatic rings. The van der Waals surface area contributed by atoms with Gasteiger partial charge in [0, 0.05) is 0 Å². The summed E-state index contributed by atoms with van der Waals surface area (Å²) in [6.07, 6.45) is 15.4. The molecule has 1 unspecified atom stereocenters. The van der Waals surface area contributed by atoms with E-state index in [2.05, 4.69) is 32.0 Å². The van der Waals surface area contributed by atoms with Crippen LogP contribution in [0.25, 0.3) is 5.57 Å². The third kappa shape index (κ3) is 3.09. The second kappa shape index (κ2) is 7.06. The Morgan fingerprint density at radius 2 is 1.62 bits per heavy atom. The maximum Gasteiger partial charge on any atom is -0.00548 e. The summed E-state index contributed by atoms with van der Waals surface area (Å²) in [5.41, 5.74) is 8.61. The highest BCUT2D eigenvalue weighted by molar-refractivity contribution is 5.79. The predicted octanol–water partition coefficient (Wildman–Crippen LogP) is 6.97. The van der Waals surface area contributed by atoms with Gasteiger partial charge in [-0.25, -0.2) is 0 Å². The second-order valence-corrected chi connectivity index (χ2v) is 8.73. The molecule has 3 aliphatic rings. The van der Waals surface area contributed by atoms with Crippen molar-refractivity contribution in [3.05, 3.63) is 40.5 Å².